The number of benzene rings is 1. The molecule has 0 radical (unpaired) electrons. The number of hydrogen-bond donors (Lipinski definition) is 3. The van der Waals surface area contributed by atoms with E-state index in [9.17, 15) is 28.8 Å². The van der Waals surface area contributed by atoms with E-state index in [1.54, 1.807) is 18.2 Å². The van der Waals surface area contributed by atoms with Crippen molar-refractivity contribution in [2.24, 2.45) is 0 Å². The maximum Gasteiger partial charge on any atom is 0.408 e. The average molecular weight is 851 g/mol. The van der Waals surface area contributed by atoms with Gasteiger partial charge in [0, 0.05) is 18.0 Å². The van der Waals surface area contributed by atoms with Gasteiger partial charge in [0.1, 0.15) is 23.9 Å². The molecule has 0 spiro atoms. The van der Waals surface area contributed by atoms with Crippen molar-refractivity contribution in [2.75, 3.05) is 26.1 Å². The molecule has 1 saturated carbocycles. The van der Waals surface area contributed by atoms with Crippen LogP contribution in [0.25, 0.3) is 10.9 Å². The molecule has 2 aromatic rings. The highest BCUT2D eigenvalue weighted by atomic mass is 79.9. The summed E-state index contributed by atoms with van der Waals surface area (Å²) in [5.41, 5.74) is 1.07. The first-order valence-corrected chi connectivity index (χ1v) is 19.4. The van der Waals surface area contributed by atoms with E-state index in [0.29, 0.717) is 52.5 Å². The number of rotatable bonds is 6. The number of halogens is 2. The number of hydrogen-bond acceptors (Lipinski definition) is 9. The normalized spacial score (nSPS) is 22.2. The van der Waals surface area contributed by atoms with E-state index >= 15 is 0 Å². The molecule has 2 unspecified atom stereocenters. The van der Waals surface area contributed by atoms with Gasteiger partial charge in [-0.3, -0.25) is 19.2 Å². The van der Waals surface area contributed by atoms with Crippen molar-refractivity contribution in [1.29, 1.82) is 0 Å². The average Bonchev–Trinajstić information content (AvgIpc) is 3.85. The minimum atomic E-state index is -1.02. The van der Waals surface area contributed by atoms with Gasteiger partial charge in [0.15, 0.2) is 17.3 Å². The fourth-order valence-electron chi connectivity index (χ4n) is 6.52. The summed E-state index contributed by atoms with van der Waals surface area (Å²) in [5.74, 6) is -0.914. The molecule has 2 aliphatic heterocycles. The second-order valence-corrected chi connectivity index (χ2v) is 14.2. The van der Waals surface area contributed by atoms with Crippen LogP contribution >= 0.6 is 31.9 Å². The van der Waals surface area contributed by atoms with E-state index in [1.165, 1.54) is 25.2 Å². The highest BCUT2D eigenvalue weighted by Crippen LogP contribution is 2.31. The van der Waals surface area contributed by atoms with Gasteiger partial charge in [-0.15, -0.1) is 0 Å². The van der Waals surface area contributed by atoms with Crippen LogP contribution in [-0.4, -0.2) is 89.9 Å². The van der Waals surface area contributed by atoms with Crippen LogP contribution in [0.15, 0.2) is 51.8 Å². The lowest BCUT2D eigenvalue weighted by atomic mass is 10.0. The lowest BCUT2D eigenvalue weighted by molar-refractivity contribution is -0.145. The fraction of sp³-hybridized carbons (Fsp3) is 0.514. The SMILES string of the molecule is C=C1/C=C\CCCCC[C@H](NC(=O)OC2CCCC2)C(=O)N2CCCC2C(=O)NC1C(=O)OC.COc1ccc2c(=O)cc(C(=O)CBr)[nH]c2c1Br. The number of ether oxygens (including phenoxy) is 3. The zero-order valence-corrected chi connectivity index (χ0v) is 32.6. The predicted molar refractivity (Wildman–Crippen MR) is 203 cm³/mol. The van der Waals surface area contributed by atoms with Gasteiger partial charge in [-0.05, 0) is 91.4 Å². The van der Waals surface area contributed by atoms with E-state index in [-0.39, 0.29) is 34.2 Å². The molecule has 52 heavy (non-hydrogen) atoms. The molecule has 1 aromatic heterocycles. The number of nitrogens with one attached hydrogen (secondary N) is 3. The molecule has 282 valence electrons. The number of aromatic amines is 1. The number of aromatic nitrogens is 1. The molecular formula is C37H46Br2N4O9. The molecule has 1 aliphatic carbocycles. The van der Waals surface area contributed by atoms with Gasteiger partial charge in [0.25, 0.3) is 0 Å². The minimum absolute atomic E-state index is 0.0992. The summed E-state index contributed by atoms with van der Waals surface area (Å²) >= 11 is 6.44. The van der Waals surface area contributed by atoms with Crippen LogP contribution < -0.4 is 20.8 Å². The molecule has 3 N–H and O–H groups in total. The van der Waals surface area contributed by atoms with Crippen molar-refractivity contribution >= 4 is 72.4 Å². The number of nitrogens with zero attached hydrogens (tertiary/aromatic N) is 1. The second kappa shape index (κ2) is 19.7. The summed E-state index contributed by atoms with van der Waals surface area (Å²) in [4.78, 5) is 79.4. The Bertz CT molecular complexity index is 1740. The third kappa shape index (κ3) is 10.6. The number of alkyl halides is 1. The standard InChI is InChI=1S/C25H37N3O6.C12H9Br2NO3/c1-17-11-6-4-3-5-7-14-19(26-25(32)34-18-12-8-9-13-18)23(30)28-16-10-15-20(28)22(29)27-21(17)24(31)33-2;1-18-10-3-2-6-8(16)4-7(9(17)5-13)15-12(6)11(10)14/h6,11,18-21H,1,3-5,7-10,12-16H2,2H3,(H,26,32)(H,27,29);2-4H,5H2,1H3,(H,15,16)/b11-6-;/t19-,20?,21?;/m0./s1. The molecule has 13 nitrogen and oxygen atoms in total. The maximum atomic E-state index is 13.5. The third-order valence-corrected chi connectivity index (χ3v) is 10.6. The summed E-state index contributed by atoms with van der Waals surface area (Å²) in [6, 6.07) is 2.18. The number of alkyl carbamates (subject to hydrolysis) is 1. The summed E-state index contributed by atoms with van der Waals surface area (Å²) in [6.07, 6.45) is 11.7. The van der Waals surface area contributed by atoms with Crippen molar-refractivity contribution in [3.63, 3.8) is 0 Å². The number of allylic oxidation sites excluding steroid dienone is 1. The quantitative estimate of drug-likeness (QED) is 0.189. The monoisotopic (exact) mass is 848 g/mol. The first-order chi connectivity index (χ1) is 25.0. The summed E-state index contributed by atoms with van der Waals surface area (Å²) < 4.78 is 16.2. The predicted octanol–water partition coefficient (Wildman–Crippen LogP) is 5.63. The Labute approximate surface area is 319 Å². The number of methoxy groups -OCH3 is 2. The smallest absolute Gasteiger partial charge is 0.408 e. The molecule has 3 heterocycles. The van der Waals surface area contributed by atoms with Crippen LogP contribution in [0.2, 0.25) is 0 Å². The Kier molecular flexibility index (Phi) is 15.5. The van der Waals surface area contributed by atoms with Crippen LogP contribution in [0.5, 0.6) is 5.75 Å². The van der Waals surface area contributed by atoms with Gasteiger partial charge in [-0.1, -0.05) is 47.5 Å². The Morgan fingerprint density at radius 1 is 1.00 bits per heavy atom. The molecule has 3 aliphatic rings. The summed E-state index contributed by atoms with van der Waals surface area (Å²) in [7, 11) is 2.80. The number of fused-ring (bicyclic) bond motifs is 2. The first-order valence-electron chi connectivity index (χ1n) is 17.5. The molecule has 5 rings (SSSR count). The van der Waals surface area contributed by atoms with Crippen molar-refractivity contribution in [1.82, 2.24) is 20.5 Å². The molecule has 0 bridgehead atoms. The second-order valence-electron chi connectivity index (χ2n) is 12.9. The van der Waals surface area contributed by atoms with Gasteiger partial charge < -0.3 is 34.7 Å². The minimum Gasteiger partial charge on any atom is -0.495 e. The fourth-order valence-corrected chi connectivity index (χ4v) is 7.42. The number of ketones is 1. The van der Waals surface area contributed by atoms with E-state index in [1.807, 2.05) is 6.08 Å². The van der Waals surface area contributed by atoms with Gasteiger partial charge in [0.05, 0.1) is 35.2 Å². The Balaban J connectivity index is 0.000000281. The molecule has 3 amide bonds. The molecule has 1 aromatic carbocycles. The highest BCUT2D eigenvalue weighted by molar-refractivity contribution is 9.10. The number of amides is 3. The number of carbonyl (C=O) groups is 5. The zero-order chi connectivity index (χ0) is 37.8. The first kappa shape index (κ1) is 40.8. The zero-order valence-electron chi connectivity index (χ0n) is 29.5. The molecule has 3 atom stereocenters. The summed E-state index contributed by atoms with van der Waals surface area (Å²) in [5, 5.41) is 6.16. The molecule has 1 saturated heterocycles. The van der Waals surface area contributed by atoms with Crippen LogP contribution in [0, 0.1) is 0 Å². The van der Waals surface area contributed by atoms with Crippen LogP contribution in [0.4, 0.5) is 4.79 Å². The lowest BCUT2D eigenvalue weighted by Gasteiger charge is -2.29. The molecule has 2 fully saturated rings. The van der Waals surface area contributed by atoms with Gasteiger partial charge >= 0.3 is 12.1 Å². The molecule has 15 heteroatoms. The number of esters is 1. The van der Waals surface area contributed by atoms with Gasteiger partial charge in [0.2, 0.25) is 11.8 Å². The van der Waals surface area contributed by atoms with E-state index in [0.717, 1.165) is 51.4 Å². The van der Waals surface area contributed by atoms with Crippen molar-refractivity contribution < 1.29 is 38.2 Å². The number of carbonyl (C=O) groups excluding carboxylic acids is 5. The maximum absolute atomic E-state index is 13.5. The number of pyridine rings is 1. The van der Waals surface area contributed by atoms with E-state index in [4.69, 9.17) is 14.2 Å². The number of Topliss-reactive ketones (excluding diaryl/α,β-unsaturated/α-hetero) is 1. The van der Waals surface area contributed by atoms with Crippen LogP contribution in [0.1, 0.15) is 81.1 Å². The van der Waals surface area contributed by atoms with Crippen LogP contribution in [0.3, 0.4) is 0 Å². The van der Waals surface area contributed by atoms with Crippen molar-refractivity contribution in [2.45, 2.75) is 94.9 Å². The summed E-state index contributed by atoms with van der Waals surface area (Å²) in [6.45, 7) is 4.34. The lowest BCUT2D eigenvalue weighted by Crippen LogP contribution is -2.55. The van der Waals surface area contributed by atoms with E-state index in [2.05, 4.69) is 54.1 Å². The Morgan fingerprint density at radius 2 is 1.73 bits per heavy atom. The van der Waals surface area contributed by atoms with Crippen molar-refractivity contribution in [3.8, 4) is 5.75 Å². The van der Waals surface area contributed by atoms with Crippen molar-refractivity contribution in [3.05, 3.63) is 62.9 Å². The van der Waals surface area contributed by atoms with Crippen LogP contribution in [-0.2, 0) is 23.9 Å². The van der Waals surface area contributed by atoms with E-state index < -0.39 is 36.1 Å². The third-order valence-electron chi connectivity index (χ3n) is 9.34. The highest BCUT2D eigenvalue weighted by Gasteiger charge is 2.39. The van der Waals surface area contributed by atoms with Gasteiger partial charge in [-0.2, -0.15) is 0 Å². The Hall–Kier alpha value is -3.98. The number of H-pyrrole nitrogens is 1. The topological polar surface area (TPSA) is 173 Å². The molecular weight excluding hydrogens is 804 g/mol. The largest absolute Gasteiger partial charge is 0.495 e. The van der Waals surface area contributed by atoms with Gasteiger partial charge in [-0.25, -0.2) is 9.59 Å². The Morgan fingerprint density at radius 3 is 2.42 bits per heavy atom.